The summed E-state index contributed by atoms with van der Waals surface area (Å²) in [5, 5.41) is 4.60. The van der Waals surface area contributed by atoms with E-state index in [0.29, 0.717) is 5.56 Å². The van der Waals surface area contributed by atoms with Crippen LogP contribution >= 0.6 is 0 Å². The van der Waals surface area contributed by atoms with E-state index in [9.17, 15) is 4.39 Å². The van der Waals surface area contributed by atoms with Gasteiger partial charge in [0.2, 0.25) is 0 Å². The van der Waals surface area contributed by atoms with E-state index in [-0.39, 0.29) is 5.82 Å². The average molecular weight is 272 g/mol. The lowest BCUT2D eigenvalue weighted by Gasteiger charge is -2.09. The standard InChI is InChI=1S/C20H13F/c21-20-11-4-3-9-18(20)17-10-5-8-16-12-14-6-1-2-7-15(14)13-19(16)17/h1-13H. The van der Waals surface area contributed by atoms with Gasteiger partial charge in [0.15, 0.2) is 0 Å². The fourth-order valence-electron chi connectivity index (χ4n) is 2.88. The Kier molecular flexibility index (Phi) is 2.71. The molecule has 0 unspecified atom stereocenters. The van der Waals surface area contributed by atoms with Gasteiger partial charge in [-0.15, -0.1) is 0 Å². The Labute approximate surface area is 122 Å². The minimum absolute atomic E-state index is 0.182. The number of rotatable bonds is 1. The number of fused-ring (bicyclic) bond motifs is 2. The van der Waals surface area contributed by atoms with Crippen LogP contribution in [-0.2, 0) is 0 Å². The van der Waals surface area contributed by atoms with Crippen LogP contribution < -0.4 is 0 Å². The zero-order valence-corrected chi connectivity index (χ0v) is 11.4. The summed E-state index contributed by atoms with van der Waals surface area (Å²) in [6.45, 7) is 0. The summed E-state index contributed by atoms with van der Waals surface area (Å²) in [6, 6.07) is 25.5. The predicted octanol–water partition coefficient (Wildman–Crippen LogP) is 5.80. The normalized spacial score (nSPS) is 11.1. The molecule has 0 aliphatic rings. The summed E-state index contributed by atoms with van der Waals surface area (Å²) in [4.78, 5) is 0. The fraction of sp³-hybridized carbons (Fsp3) is 0. The smallest absolute Gasteiger partial charge is 0.131 e. The molecule has 0 spiro atoms. The zero-order chi connectivity index (χ0) is 14.2. The fourth-order valence-corrected chi connectivity index (χ4v) is 2.88. The van der Waals surface area contributed by atoms with E-state index in [4.69, 9.17) is 0 Å². The molecular formula is C20H13F. The quantitative estimate of drug-likeness (QED) is 0.384. The molecule has 0 saturated heterocycles. The van der Waals surface area contributed by atoms with Gasteiger partial charge >= 0.3 is 0 Å². The largest absolute Gasteiger partial charge is 0.206 e. The molecule has 0 atom stereocenters. The molecule has 0 radical (unpaired) electrons. The molecule has 0 N–H and O–H groups in total. The van der Waals surface area contributed by atoms with Gasteiger partial charge in [-0.05, 0) is 45.3 Å². The molecule has 0 aromatic heterocycles. The highest BCUT2D eigenvalue weighted by molar-refractivity contribution is 6.04. The van der Waals surface area contributed by atoms with Gasteiger partial charge < -0.3 is 0 Å². The Morgan fingerprint density at radius 1 is 0.524 bits per heavy atom. The summed E-state index contributed by atoms with van der Waals surface area (Å²) in [5.41, 5.74) is 1.59. The highest BCUT2D eigenvalue weighted by atomic mass is 19.1. The number of halogens is 1. The molecule has 21 heavy (non-hydrogen) atoms. The third-order valence-electron chi connectivity index (χ3n) is 3.91. The van der Waals surface area contributed by atoms with Crippen LogP contribution in [0.3, 0.4) is 0 Å². The first-order chi connectivity index (χ1) is 10.3. The zero-order valence-electron chi connectivity index (χ0n) is 11.4. The summed E-state index contributed by atoms with van der Waals surface area (Å²) < 4.78 is 14.1. The van der Waals surface area contributed by atoms with E-state index in [2.05, 4.69) is 30.3 Å². The Morgan fingerprint density at radius 3 is 1.95 bits per heavy atom. The average Bonchev–Trinajstić information content (AvgIpc) is 2.53. The van der Waals surface area contributed by atoms with Gasteiger partial charge in [-0.1, -0.05) is 60.7 Å². The van der Waals surface area contributed by atoms with Crippen LogP contribution in [-0.4, -0.2) is 0 Å². The van der Waals surface area contributed by atoms with Crippen molar-refractivity contribution < 1.29 is 4.39 Å². The molecule has 1 heteroatoms. The van der Waals surface area contributed by atoms with Crippen LogP contribution in [0, 0.1) is 5.82 Å². The summed E-state index contributed by atoms with van der Waals surface area (Å²) in [7, 11) is 0. The van der Waals surface area contributed by atoms with Crippen LogP contribution in [0.25, 0.3) is 32.7 Å². The van der Waals surface area contributed by atoms with E-state index >= 15 is 0 Å². The van der Waals surface area contributed by atoms with Gasteiger partial charge in [0, 0.05) is 5.56 Å². The first kappa shape index (κ1) is 12.1. The highest BCUT2D eigenvalue weighted by Crippen LogP contribution is 2.32. The number of hydrogen-bond donors (Lipinski definition) is 0. The van der Waals surface area contributed by atoms with Gasteiger partial charge in [-0.25, -0.2) is 4.39 Å². The van der Waals surface area contributed by atoms with Crippen molar-refractivity contribution in [1.29, 1.82) is 0 Å². The van der Waals surface area contributed by atoms with Crippen molar-refractivity contribution >= 4 is 21.5 Å². The van der Waals surface area contributed by atoms with E-state index in [0.717, 1.165) is 16.3 Å². The molecule has 0 nitrogen and oxygen atoms in total. The van der Waals surface area contributed by atoms with Crippen molar-refractivity contribution in [3.8, 4) is 11.1 Å². The maximum atomic E-state index is 14.1. The monoisotopic (exact) mass is 272 g/mol. The summed E-state index contributed by atoms with van der Waals surface area (Å²) in [5.74, 6) is -0.182. The van der Waals surface area contributed by atoms with E-state index in [1.165, 1.54) is 16.8 Å². The lowest BCUT2D eigenvalue weighted by Crippen LogP contribution is -1.86. The number of benzene rings is 4. The molecule has 4 aromatic rings. The molecule has 0 heterocycles. The Hall–Kier alpha value is -2.67. The third kappa shape index (κ3) is 1.98. The third-order valence-corrected chi connectivity index (χ3v) is 3.91. The topological polar surface area (TPSA) is 0 Å². The van der Waals surface area contributed by atoms with Crippen molar-refractivity contribution in [3.05, 3.63) is 84.7 Å². The SMILES string of the molecule is Fc1ccccc1-c1cccc2cc3ccccc3cc12. The van der Waals surface area contributed by atoms with E-state index in [1.54, 1.807) is 6.07 Å². The predicted molar refractivity (Wildman–Crippen MR) is 86.8 cm³/mol. The van der Waals surface area contributed by atoms with Crippen molar-refractivity contribution in [2.75, 3.05) is 0 Å². The Balaban J connectivity index is 2.10. The second kappa shape index (κ2) is 4.71. The Bertz CT molecular complexity index is 954. The molecule has 0 aliphatic heterocycles. The van der Waals surface area contributed by atoms with Gasteiger partial charge in [-0.3, -0.25) is 0 Å². The molecule has 0 amide bonds. The minimum Gasteiger partial charge on any atom is -0.206 e. The van der Waals surface area contributed by atoms with E-state index in [1.807, 2.05) is 36.4 Å². The van der Waals surface area contributed by atoms with Crippen molar-refractivity contribution in [2.24, 2.45) is 0 Å². The van der Waals surface area contributed by atoms with Crippen molar-refractivity contribution in [2.45, 2.75) is 0 Å². The lowest BCUT2D eigenvalue weighted by molar-refractivity contribution is 0.631. The van der Waals surface area contributed by atoms with E-state index < -0.39 is 0 Å². The highest BCUT2D eigenvalue weighted by Gasteiger charge is 2.08. The minimum atomic E-state index is -0.182. The van der Waals surface area contributed by atoms with Crippen molar-refractivity contribution in [1.82, 2.24) is 0 Å². The molecule has 4 rings (SSSR count). The van der Waals surface area contributed by atoms with Crippen LogP contribution in [0.15, 0.2) is 78.9 Å². The molecular weight excluding hydrogens is 259 g/mol. The lowest BCUT2D eigenvalue weighted by atomic mass is 9.95. The molecule has 0 aliphatic carbocycles. The summed E-state index contributed by atoms with van der Waals surface area (Å²) in [6.07, 6.45) is 0. The van der Waals surface area contributed by atoms with Crippen LogP contribution in [0.4, 0.5) is 4.39 Å². The molecule has 0 saturated carbocycles. The molecule has 0 bridgehead atoms. The number of hydrogen-bond acceptors (Lipinski definition) is 0. The molecule has 4 aromatic carbocycles. The van der Waals surface area contributed by atoms with Gasteiger partial charge in [0.25, 0.3) is 0 Å². The molecule has 100 valence electrons. The molecule has 0 fully saturated rings. The van der Waals surface area contributed by atoms with Crippen LogP contribution in [0.1, 0.15) is 0 Å². The second-order valence-corrected chi connectivity index (χ2v) is 5.21. The van der Waals surface area contributed by atoms with Gasteiger partial charge in [-0.2, -0.15) is 0 Å². The first-order valence-corrected chi connectivity index (χ1v) is 6.99. The maximum absolute atomic E-state index is 14.1. The maximum Gasteiger partial charge on any atom is 0.131 e. The summed E-state index contributed by atoms with van der Waals surface area (Å²) >= 11 is 0. The first-order valence-electron chi connectivity index (χ1n) is 6.99. The Morgan fingerprint density at radius 2 is 1.14 bits per heavy atom. The van der Waals surface area contributed by atoms with Gasteiger partial charge in [0.1, 0.15) is 5.82 Å². The van der Waals surface area contributed by atoms with Gasteiger partial charge in [0.05, 0.1) is 0 Å². The van der Waals surface area contributed by atoms with Crippen LogP contribution in [0.5, 0.6) is 0 Å². The van der Waals surface area contributed by atoms with Crippen LogP contribution in [0.2, 0.25) is 0 Å². The van der Waals surface area contributed by atoms with Crippen molar-refractivity contribution in [3.63, 3.8) is 0 Å². The second-order valence-electron chi connectivity index (χ2n) is 5.21.